The molecule has 5 heteroatoms. The number of hydrogen-bond donors (Lipinski definition) is 1. The Morgan fingerprint density at radius 2 is 2.05 bits per heavy atom. The molecule has 0 saturated heterocycles. The first-order chi connectivity index (χ1) is 9.28. The van der Waals surface area contributed by atoms with Crippen molar-refractivity contribution in [1.82, 2.24) is 4.98 Å². The van der Waals surface area contributed by atoms with E-state index in [0.29, 0.717) is 10.8 Å². The summed E-state index contributed by atoms with van der Waals surface area (Å²) in [7, 11) is 1.63. The Balaban J connectivity index is 2.18. The number of benzene rings is 2. The number of halogens is 1. The van der Waals surface area contributed by atoms with Crippen molar-refractivity contribution in [3.8, 4) is 17.2 Å². The molecule has 0 saturated carbocycles. The Kier molecular flexibility index (Phi) is 2.11. The smallest absolute Gasteiger partial charge is 0.231 e. The molecule has 0 fully saturated rings. The van der Waals surface area contributed by atoms with Gasteiger partial charge in [0.2, 0.25) is 6.79 Å². The van der Waals surface area contributed by atoms with Gasteiger partial charge in [-0.1, -0.05) is 11.6 Å². The fourth-order valence-electron chi connectivity index (χ4n) is 2.53. The number of nitrogens with one attached hydrogen (secondary N) is 1. The number of H-pyrrole nitrogens is 1. The molecule has 2 heterocycles. The molecule has 1 aliphatic rings. The predicted octanol–water partition coefficient (Wildman–Crippen LogP) is 3.71. The van der Waals surface area contributed by atoms with E-state index in [0.717, 1.165) is 33.3 Å². The second-order valence-corrected chi connectivity index (χ2v) is 4.81. The molecule has 0 spiro atoms. The van der Waals surface area contributed by atoms with Gasteiger partial charge in [0.05, 0.1) is 18.1 Å². The Morgan fingerprint density at radius 3 is 2.89 bits per heavy atom. The molecule has 96 valence electrons. The predicted molar refractivity (Wildman–Crippen MR) is 73.5 cm³/mol. The second-order valence-electron chi connectivity index (χ2n) is 4.38. The fourth-order valence-corrected chi connectivity index (χ4v) is 2.74. The molecule has 1 aromatic heterocycles. The van der Waals surface area contributed by atoms with Gasteiger partial charge in [-0.05, 0) is 18.2 Å². The number of hydrogen-bond acceptors (Lipinski definition) is 3. The van der Waals surface area contributed by atoms with Gasteiger partial charge < -0.3 is 19.2 Å². The lowest BCUT2D eigenvalue weighted by Crippen LogP contribution is -1.93. The van der Waals surface area contributed by atoms with Crippen LogP contribution in [0.4, 0.5) is 0 Å². The van der Waals surface area contributed by atoms with Crippen molar-refractivity contribution in [3.63, 3.8) is 0 Å². The molecule has 4 nitrogen and oxygen atoms in total. The molecule has 0 unspecified atom stereocenters. The number of aromatic amines is 1. The highest BCUT2D eigenvalue weighted by molar-refractivity contribution is 6.32. The van der Waals surface area contributed by atoms with Gasteiger partial charge in [0.1, 0.15) is 5.75 Å². The summed E-state index contributed by atoms with van der Waals surface area (Å²) >= 11 is 6.13. The highest BCUT2D eigenvalue weighted by Crippen LogP contribution is 2.43. The number of fused-ring (bicyclic) bond motifs is 5. The van der Waals surface area contributed by atoms with E-state index in [-0.39, 0.29) is 6.79 Å². The Hall–Kier alpha value is -2.07. The Bertz CT molecular complexity index is 809. The van der Waals surface area contributed by atoms with Crippen LogP contribution in [0, 0.1) is 0 Å². The quantitative estimate of drug-likeness (QED) is 0.736. The average Bonchev–Trinajstić information content (AvgIpc) is 3.00. The Labute approximate surface area is 113 Å². The summed E-state index contributed by atoms with van der Waals surface area (Å²) < 4.78 is 16.3. The van der Waals surface area contributed by atoms with Crippen LogP contribution in [0.25, 0.3) is 21.8 Å². The van der Waals surface area contributed by atoms with E-state index in [1.54, 1.807) is 13.2 Å². The summed E-state index contributed by atoms with van der Waals surface area (Å²) in [5.41, 5.74) is 1.82. The fraction of sp³-hybridized carbons (Fsp3) is 0.143. The summed E-state index contributed by atoms with van der Waals surface area (Å²) in [5, 5.41) is 2.70. The summed E-state index contributed by atoms with van der Waals surface area (Å²) in [6.07, 6.45) is 0. The van der Waals surface area contributed by atoms with Gasteiger partial charge in [-0.15, -0.1) is 0 Å². The maximum absolute atomic E-state index is 6.13. The van der Waals surface area contributed by atoms with Crippen LogP contribution in [0.3, 0.4) is 0 Å². The third kappa shape index (κ3) is 1.40. The highest BCUT2D eigenvalue weighted by atomic mass is 35.5. The van der Waals surface area contributed by atoms with Crippen molar-refractivity contribution in [2.75, 3.05) is 13.9 Å². The van der Waals surface area contributed by atoms with E-state index in [2.05, 4.69) is 4.98 Å². The lowest BCUT2D eigenvalue weighted by Gasteiger charge is -2.02. The van der Waals surface area contributed by atoms with Crippen LogP contribution >= 0.6 is 11.6 Å². The molecule has 1 aliphatic heterocycles. The van der Waals surface area contributed by atoms with E-state index >= 15 is 0 Å². The van der Waals surface area contributed by atoms with E-state index in [9.17, 15) is 0 Å². The van der Waals surface area contributed by atoms with Crippen LogP contribution in [0.5, 0.6) is 17.2 Å². The molecule has 3 aromatic rings. The summed E-state index contributed by atoms with van der Waals surface area (Å²) in [4.78, 5) is 3.34. The van der Waals surface area contributed by atoms with E-state index < -0.39 is 0 Å². The molecule has 0 aliphatic carbocycles. The molecule has 2 aromatic carbocycles. The highest BCUT2D eigenvalue weighted by Gasteiger charge is 2.20. The van der Waals surface area contributed by atoms with Gasteiger partial charge in [-0.25, -0.2) is 0 Å². The molecule has 0 radical (unpaired) electrons. The Morgan fingerprint density at radius 1 is 1.16 bits per heavy atom. The zero-order valence-electron chi connectivity index (χ0n) is 10.1. The minimum absolute atomic E-state index is 0.252. The number of ether oxygens (including phenoxy) is 3. The van der Waals surface area contributed by atoms with Crippen molar-refractivity contribution in [3.05, 3.63) is 29.3 Å². The summed E-state index contributed by atoms with van der Waals surface area (Å²) in [5.74, 6) is 2.21. The summed E-state index contributed by atoms with van der Waals surface area (Å²) in [6.45, 7) is 0.252. The number of methoxy groups -OCH3 is 1. The van der Waals surface area contributed by atoms with Crippen molar-refractivity contribution < 1.29 is 14.2 Å². The van der Waals surface area contributed by atoms with Crippen LogP contribution < -0.4 is 14.2 Å². The third-order valence-corrected chi connectivity index (χ3v) is 3.58. The van der Waals surface area contributed by atoms with Crippen LogP contribution in [-0.2, 0) is 0 Å². The van der Waals surface area contributed by atoms with Crippen LogP contribution in [-0.4, -0.2) is 18.9 Å². The van der Waals surface area contributed by atoms with Gasteiger partial charge in [0.15, 0.2) is 11.5 Å². The molecule has 0 amide bonds. The van der Waals surface area contributed by atoms with Gasteiger partial charge in [-0.2, -0.15) is 0 Å². The first kappa shape index (κ1) is 10.8. The minimum Gasteiger partial charge on any atom is -0.495 e. The lowest BCUT2D eigenvalue weighted by molar-refractivity contribution is 0.174. The number of rotatable bonds is 1. The van der Waals surface area contributed by atoms with Crippen molar-refractivity contribution in [2.24, 2.45) is 0 Å². The maximum atomic E-state index is 6.13. The normalized spacial score (nSPS) is 13.4. The molecule has 1 N–H and O–H groups in total. The molecule has 19 heavy (non-hydrogen) atoms. The average molecular weight is 276 g/mol. The monoisotopic (exact) mass is 275 g/mol. The standard InChI is InChI=1S/C14H10ClNO3/c1-17-11-5-7(15)4-9-8-2-3-10-14(19-6-18-10)13(8)16-12(9)11/h2-5,16H,6H2,1H3. The summed E-state index contributed by atoms with van der Waals surface area (Å²) in [6, 6.07) is 7.61. The zero-order chi connectivity index (χ0) is 13.0. The minimum atomic E-state index is 0.252. The molecule has 0 atom stereocenters. The lowest BCUT2D eigenvalue weighted by atomic mass is 10.1. The number of aromatic nitrogens is 1. The largest absolute Gasteiger partial charge is 0.495 e. The van der Waals surface area contributed by atoms with Gasteiger partial charge >= 0.3 is 0 Å². The molecular weight excluding hydrogens is 266 g/mol. The first-order valence-corrected chi connectivity index (χ1v) is 6.23. The SMILES string of the molecule is COc1cc(Cl)cc2c1[nH]c1c3c(ccc12)OCO3. The molecular formula is C14H10ClNO3. The van der Waals surface area contributed by atoms with Crippen molar-refractivity contribution in [1.29, 1.82) is 0 Å². The van der Waals surface area contributed by atoms with E-state index in [4.69, 9.17) is 25.8 Å². The second kappa shape index (κ2) is 3.71. The molecule has 0 bridgehead atoms. The zero-order valence-corrected chi connectivity index (χ0v) is 10.9. The van der Waals surface area contributed by atoms with Crippen LogP contribution in [0.2, 0.25) is 5.02 Å². The van der Waals surface area contributed by atoms with Crippen LogP contribution in [0.1, 0.15) is 0 Å². The van der Waals surface area contributed by atoms with Gasteiger partial charge in [0.25, 0.3) is 0 Å². The van der Waals surface area contributed by atoms with Gasteiger partial charge in [0, 0.05) is 21.9 Å². The van der Waals surface area contributed by atoms with Crippen molar-refractivity contribution in [2.45, 2.75) is 0 Å². The molecule has 4 rings (SSSR count). The van der Waals surface area contributed by atoms with Crippen LogP contribution in [0.15, 0.2) is 24.3 Å². The van der Waals surface area contributed by atoms with Crippen molar-refractivity contribution >= 4 is 33.4 Å². The van der Waals surface area contributed by atoms with E-state index in [1.807, 2.05) is 18.2 Å². The van der Waals surface area contributed by atoms with Gasteiger partial charge in [-0.3, -0.25) is 0 Å². The topological polar surface area (TPSA) is 43.5 Å². The first-order valence-electron chi connectivity index (χ1n) is 5.85. The third-order valence-electron chi connectivity index (χ3n) is 3.37. The van der Waals surface area contributed by atoms with E-state index in [1.165, 1.54) is 0 Å². The maximum Gasteiger partial charge on any atom is 0.231 e.